The average molecular weight is 1180 g/mol. The molecule has 0 heterocycles. The molecule has 0 aromatic carbocycles. The van der Waals surface area contributed by atoms with Gasteiger partial charge in [-0.3, -0.25) is 9.59 Å². The first kappa shape index (κ1) is 72.5. The predicted octanol–water partition coefficient (Wildman–Crippen LogP) is 10.9. The van der Waals surface area contributed by atoms with Crippen LogP contribution in [0.15, 0.2) is 0 Å². The minimum Gasteiger partial charge on any atom is -0.468 e. The van der Waals surface area contributed by atoms with Gasteiger partial charge in [-0.2, -0.15) is 110 Å². The molecule has 0 amide bonds. The van der Waals surface area contributed by atoms with Crippen LogP contribution in [0.25, 0.3) is 0 Å². The summed E-state index contributed by atoms with van der Waals surface area (Å²) in [5, 5.41) is 2.82. The van der Waals surface area contributed by atoms with E-state index in [1.54, 1.807) is 0 Å². The SMILES string of the molecule is CCN(CC(=O)OC)S(=O)(=O)CCC(CC(CC(F)(C(F)(F)F)C(F)(F)F)C(F)(F)F)C(F)(F)F.CCNCC(=O)OC.O=S(=O)(Cl)CCC(CC(CC(F)(C(F)(F)F)C(F)(F)F)C(F)(F)F)C(F)(F)F. The van der Waals surface area contributed by atoms with E-state index in [0.29, 0.717) is 10.8 Å². The molecule has 0 rings (SSSR count). The largest absolute Gasteiger partial charge is 0.468 e. The molecule has 39 heteroatoms. The van der Waals surface area contributed by atoms with Crippen molar-refractivity contribution in [3.63, 3.8) is 0 Å². The summed E-state index contributed by atoms with van der Waals surface area (Å²) < 4.78 is 389. The van der Waals surface area contributed by atoms with Crippen molar-refractivity contribution in [2.24, 2.45) is 23.7 Å². The van der Waals surface area contributed by atoms with E-state index in [9.17, 15) is 141 Å². The lowest BCUT2D eigenvalue weighted by Crippen LogP contribution is -2.55. The van der Waals surface area contributed by atoms with E-state index in [1.165, 1.54) is 7.11 Å². The molecule has 0 fully saturated rings. The molecule has 0 bridgehead atoms. The Balaban J connectivity index is -0.00000114. The van der Waals surface area contributed by atoms with Crippen LogP contribution in [0.4, 0.5) is 114 Å². The molecule has 4 unspecified atom stereocenters. The van der Waals surface area contributed by atoms with E-state index in [2.05, 4.69) is 25.5 Å². The first-order valence-electron chi connectivity index (χ1n) is 18.7. The van der Waals surface area contributed by atoms with E-state index >= 15 is 0 Å². The number of hydrogen-bond acceptors (Lipinski definition) is 9. The Morgan fingerprint density at radius 3 is 1.03 bits per heavy atom. The number of likely N-dealkylation sites (N-methyl/N-ethyl adjacent to an activating group) is 2. The molecule has 10 nitrogen and oxygen atoms in total. The summed E-state index contributed by atoms with van der Waals surface area (Å²) in [5.74, 6) is -19.3. The second-order valence-electron chi connectivity index (χ2n) is 14.4. The van der Waals surface area contributed by atoms with Gasteiger partial charge in [0.15, 0.2) is 0 Å². The summed E-state index contributed by atoms with van der Waals surface area (Å²) in [6, 6.07) is 0. The predicted molar refractivity (Wildman–Crippen MR) is 191 cm³/mol. The van der Waals surface area contributed by atoms with Gasteiger partial charge in [0.25, 0.3) is 11.3 Å². The summed E-state index contributed by atoms with van der Waals surface area (Å²) in [6.07, 6.45) is -66.5. The van der Waals surface area contributed by atoms with Crippen LogP contribution < -0.4 is 5.32 Å². The first-order valence-corrected chi connectivity index (χ1v) is 22.8. The molecule has 0 aliphatic rings. The van der Waals surface area contributed by atoms with Crippen LogP contribution in [0.2, 0.25) is 0 Å². The zero-order chi connectivity index (χ0) is 57.6. The van der Waals surface area contributed by atoms with Crippen LogP contribution in [-0.2, 0) is 38.1 Å². The summed E-state index contributed by atoms with van der Waals surface area (Å²) in [7, 11) is -2.62. The van der Waals surface area contributed by atoms with E-state index in [-0.39, 0.29) is 5.97 Å². The Morgan fingerprint density at radius 2 is 0.803 bits per heavy atom. The molecular weight excluding hydrogens is 1130 g/mol. The fourth-order valence-electron chi connectivity index (χ4n) is 5.26. The highest BCUT2D eigenvalue weighted by atomic mass is 35.7. The van der Waals surface area contributed by atoms with Gasteiger partial charge in [-0.15, -0.1) is 0 Å². The number of hydrogen-bond donors (Lipinski definition) is 1. The number of nitrogens with one attached hydrogen (secondary N) is 1. The third-order valence-corrected chi connectivity index (χ3v) is 12.4. The lowest BCUT2D eigenvalue weighted by molar-refractivity contribution is -0.354. The molecular formula is C32H41ClF26N2O8S2. The second kappa shape index (κ2) is 26.6. The quantitative estimate of drug-likeness (QED) is 0.0677. The number of alkyl halides is 26. The smallest absolute Gasteiger partial charge is 0.431 e. The molecule has 0 spiro atoms. The lowest BCUT2D eigenvalue weighted by atomic mass is 9.83. The highest BCUT2D eigenvalue weighted by molar-refractivity contribution is 8.13. The van der Waals surface area contributed by atoms with Crippen LogP contribution in [0.1, 0.15) is 52.4 Å². The molecule has 0 radical (unpaired) electrons. The Kier molecular flexibility index (Phi) is 27.2. The fourth-order valence-corrected chi connectivity index (χ4v) is 7.63. The average Bonchev–Trinajstić information content (AvgIpc) is 3.14. The molecule has 0 aromatic rings. The van der Waals surface area contributed by atoms with Crippen molar-refractivity contribution in [1.29, 1.82) is 0 Å². The van der Waals surface area contributed by atoms with Gasteiger partial charge in [-0.1, -0.05) is 13.8 Å². The van der Waals surface area contributed by atoms with Gasteiger partial charge in [0.05, 0.1) is 55.9 Å². The van der Waals surface area contributed by atoms with Crippen LogP contribution in [0, 0.1) is 23.7 Å². The van der Waals surface area contributed by atoms with Crippen molar-refractivity contribution in [1.82, 2.24) is 9.62 Å². The fraction of sp³-hybridized carbons (Fsp3) is 0.938. The summed E-state index contributed by atoms with van der Waals surface area (Å²) in [4.78, 5) is 21.5. The van der Waals surface area contributed by atoms with E-state index in [4.69, 9.17) is 0 Å². The Labute approximate surface area is 389 Å². The van der Waals surface area contributed by atoms with Gasteiger partial charge in [0, 0.05) is 30.1 Å². The van der Waals surface area contributed by atoms with E-state index < -0.39 is 173 Å². The van der Waals surface area contributed by atoms with Gasteiger partial charge < -0.3 is 14.8 Å². The molecule has 71 heavy (non-hydrogen) atoms. The number of ether oxygens (including phenoxy) is 2. The Morgan fingerprint density at radius 1 is 0.507 bits per heavy atom. The van der Waals surface area contributed by atoms with E-state index in [1.807, 2.05) is 6.92 Å². The zero-order valence-corrected chi connectivity index (χ0v) is 38.4. The number of nitrogens with zero attached hydrogens (tertiary/aromatic N) is 1. The van der Waals surface area contributed by atoms with Gasteiger partial charge in [-0.25, -0.2) is 25.6 Å². The normalized spacial score (nSPS) is 15.9. The van der Waals surface area contributed by atoms with Gasteiger partial charge in [-0.05, 0) is 32.2 Å². The molecule has 0 aliphatic heterocycles. The van der Waals surface area contributed by atoms with Crippen LogP contribution in [0.3, 0.4) is 0 Å². The first-order chi connectivity index (χ1) is 31.1. The topological polar surface area (TPSA) is 136 Å². The summed E-state index contributed by atoms with van der Waals surface area (Å²) in [5.41, 5.74) is -12.9. The van der Waals surface area contributed by atoms with Crippen molar-refractivity contribution in [2.75, 3.05) is 51.9 Å². The number of sulfonamides is 1. The van der Waals surface area contributed by atoms with Gasteiger partial charge >= 0.3 is 61.3 Å². The number of carbonyl (C=O) groups is 2. The maximum absolute atomic E-state index is 13.8. The minimum absolute atomic E-state index is 0.216. The van der Waals surface area contributed by atoms with Crippen molar-refractivity contribution in [3.8, 4) is 0 Å². The third-order valence-electron chi connectivity index (χ3n) is 9.30. The molecule has 0 saturated heterocycles. The third kappa shape index (κ3) is 24.9. The zero-order valence-electron chi connectivity index (χ0n) is 36.0. The maximum atomic E-state index is 13.8. The van der Waals surface area contributed by atoms with Crippen LogP contribution in [-0.4, -0.2) is 146 Å². The molecule has 0 saturated carbocycles. The number of rotatable bonds is 21. The molecule has 428 valence electrons. The molecule has 0 aromatic heterocycles. The molecule has 1 N–H and O–H groups in total. The van der Waals surface area contributed by atoms with E-state index in [0.717, 1.165) is 20.6 Å². The van der Waals surface area contributed by atoms with Crippen molar-refractivity contribution < 1.29 is 150 Å². The van der Waals surface area contributed by atoms with Gasteiger partial charge in [0.2, 0.25) is 19.1 Å². The summed E-state index contributed by atoms with van der Waals surface area (Å²) >= 11 is 0. The number of carbonyl (C=O) groups excluding carboxylic acids is 2. The number of halogens is 27. The second-order valence-corrected chi connectivity index (χ2v) is 19.4. The van der Waals surface area contributed by atoms with Crippen molar-refractivity contribution in [3.05, 3.63) is 0 Å². The maximum Gasteiger partial charge on any atom is 0.431 e. The van der Waals surface area contributed by atoms with Gasteiger partial charge in [0.1, 0.15) is 6.54 Å². The summed E-state index contributed by atoms with van der Waals surface area (Å²) in [6.45, 7) is 2.70. The highest BCUT2D eigenvalue weighted by Crippen LogP contribution is 2.55. The minimum atomic E-state index is -6.94. The molecule has 0 aliphatic carbocycles. The standard InChI is InChI=1S/C16H20F13NO4S.C11H10ClF13O2S.C5H11NO2/c1-3-30(8-11(31)34-2)35(32,33)5-4-9(13(18,19)20)6-10(14(21,22)23)7-12(17,15(24,25)26)16(27,28)29;12-28(26,27)2-1-5(8(14,15)16)3-6(9(17,18)19)4-7(13,10(20,21)22)11(23,24)25;1-3-6-4-5(7)8-2/h9-10H,3-8H2,1-2H3;5-6H,1-4H2;6H,3-4H2,1-2H3. The lowest BCUT2D eigenvalue weighted by Gasteiger charge is -2.35. The monoisotopic (exact) mass is 1170 g/mol. The van der Waals surface area contributed by atoms with Crippen LogP contribution >= 0.6 is 10.7 Å². The highest BCUT2D eigenvalue weighted by Gasteiger charge is 2.75. The van der Waals surface area contributed by atoms with Crippen molar-refractivity contribution >= 4 is 41.7 Å². The Hall–Kier alpha value is -2.77. The van der Waals surface area contributed by atoms with Crippen LogP contribution in [0.5, 0.6) is 0 Å². The Bertz CT molecular complexity index is 1820. The van der Waals surface area contributed by atoms with Crippen molar-refractivity contribution in [2.45, 2.75) is 113 Å². The number of esters is 2. The molecule has 4 atom stereocenters. The number of methoxy groups -OCH3 is 2.